The first-order chi connectivity index (χ1) is 9.74. The van der Waals surface area contributed by atoms with Gasteiger partial charge in [0, 0.05) is 36.6 Å². The molecule has 2 aromatic rings. The molecule has 2 N–H and O–H groups in total. The van der Waals surface area contributed by atoms with Crippen LogP contribution in [0.4, 0.5) is 5.82 Å². The molecule has 1 atom stereocenters. The average molecular weight is 292 g/mol. The molecule has 2 aromatic heterocycles. The molecule has 0 aromatic carbocycles. The fourth-order valence-electron chi connectivity index (χ4n) is 2.72. The summed E-state index contributed by atoms with van der Waals surface area (Å²) in [6.45, 7) is 5.50. The van der Waals surface area contributed by atoms with Gasteiger partial charge in [-0.05, 0) is 25.7 Å². The number of aromatic nitrogens is 2. The summed E-state index contributed by atoms with van der Waals surface area (Å²) in [5.74, 6) is 1.19. The SMILES string of the molecule is CCCN(c1nc2sccn2c1CC(N)CC)C1CC1. The summed E-state index contributed by atoms with van der Waals surface area (Å²) in [5.41, 5.74) is 7.50. The highest BCUT2D eigenvalue weighted by Crippen LogP contribution is 2.35. The lowest BCUT2D eigenvalue weighted by Gasteiger charge is -2.23. The van der Waals surface area contributed by atoms with Crippen molar-refractivity contribution in [1.29, 1.82) is 0 Å². The molecule has 1 unspecified atom stereocenters. The minimum absolute atomic E-state index is 0.219. The molecule has 0 bridgehead atoms. The molecule has 0 aliphatic heterocycles. The van der Waals surface area contributed by atoms with E-state index in [2.05, 4.69) is 34.7 Å². The van der Waals surface area contributed by atoms with Crippen LogP contribution in [0.1, 0.15) is 45.2 Å². The number of anilines is 1. The average Bonchev–Trinajstić information content (AvgIpc) is 3.09. The minimum Gasteiger partial charge on any atom is -0.352 e. The van der Waals surface area contributed by atoms with Crippen LogP contribution in [0.3, 0.4) is 0 Å². The number of rotatable bonds is 7. The molecule has 0 radical (unpaired) electrons. The van der Waals surface area contributed by atoms with Crippen molar-refractivity contribution in [3.8, 4) is 0 Å². The second-order valence-electron chi connectivity index (χ2n) is 5.73. The highest BCUT2D eigenvalue weighted by molar-refractivity contribution is 7.15. The zero-order chi connectivity index (χ0) is 14.1. The number of hydrogen-bond donors (Lipinski definition) is 1. The van der Waals surface area contributed by atoms with Crippen LogP contribution in [0.25, 0.3) is 4.96 Å². The maximum atomic E-state index is 6.20. The first-order valence-electron chi connectivity index (χ1n) is 7.71. The van der Waals surface area contributed by atoms with Gasteiger partial charge in [0.25, 0.3) is 0 Å². The van der Waals surface area contributed by atoms with Gasteiger partial charge in [-0.2, -0.15) is 0 Å². The number of fused-ring (bicyclic) bond motifs is 1. The van der Waals surface area contributed by atoms with E-state index in [9.17, 15) is 0 Å². The number of thiazole rings is 1. The first kappa shape index (κ1) is 13.9. The van der Waals surface area contributed by atoms with Crippen molar-refractivity contribution in [1.82, 2.24) is 9.38 Å². The molecule has 1 saturated carbocycles. The summed E-state index contributed by atoms with van der Waals surface area (Å²) < 4.78 is 2.24. The molecule has 1 aliphatic carbocycles. The zero-order valence-corrected chi connectivity index (χ0v) is 13.2. The molecule has 0 amide bonds. The van der Waals surface area contributed by atoms with Crippen LogP contribution in [0.5, 0.6) is 0 Å². The van der Waals surface area contributed by atoms with Gasteiger partial charge in [-0.3, -0.25) is 4.40 Å². The molecule has 3 rings (SSSR count). The van der Waals surface area contributed by atoms with E-state index in [0.717, 1.165) is 24.3 Å². The minimum atomic E-state index is 0.219. The van der Waals surface area contributed by atoms with Crippen molar-refractivity contribution < 1.29 is 0 Å². The van der Waals surface area contributed by atoms with Crippen LogP contribution in [0.2, 0.25) is 0 Å². The van der Waals surface area contributed by atoms with E-state index < -0.39 is 0 Å². The molecule has 20 heavy (non-hydrogen) atoms. The molecule has 110 valence electrons. The summed E-state index contributed by atoms with van der Waals surface area (Å²) in [6, 6.07) is 0.924. The lowest BCUT2D eigenvalue weighted by Crippen LogP contribution is -2.29. The lowest BCUT2D eigenvalue weighted by atomic mass is 10.1. The predicted octanol–water partition coefficient (Wildman–Crippen LogP) is 3.05. The normalized spacial score (nSPS) is 16.8. The summed E-state index contributed by atoms with van der Waals surface area (Å²) >= 11 is 1.71. The molecule has 0 spiro atoms. The lowest BCUT2D eigenvalue weighted by molar-refractivity contribution is 0.630. The Bertz CT molecular complexity index is 569. The van der Waals surface area contributed by atoms with Gasteiger partial charge < -0.3 is 10.6 Å². The second kappa shape index (κ2) is 5.74. The van der Waals surface area contributed by atoms with Crippen molar-refractivity contribution in [3.63, 3.8) is 0 Å². The van der Waals surface area contributed by atoms with Gasteiger partial charge in [0.2, 0.25) is 0 Å². The van der Waals surface area contributed by atoms with E-state index >= 15 is 0 Å². The van der Waals surface area contributed by atoms with E-state index in [0.29, 0.717) is 6.04 Å². The van der Waals surface area contributed by atoms with Crippen LogP contribution in [0, 0.1) is 0 Å². The fraction of sp³-hybridized carbons (Fsp3) is 0.667. The molecule has 1 aliphatic rings. The van der Waals surface area contributed by atoms with Crippen molar-refractivity contribution in [2.75, 3.05) is 11.4 Å². The van der Waals surface area contributed by atoms with Crippen LogP contribution < -0.4 is 10.6 Å². The smallest absolute Gasteiger partial charge is 0.195 e. The monoisotopic (exact) mass is 292 g/mol. The summed E-state index contributed by atoms with van der Waals surface area (Å²) in [6.07, 6.45) is 7.84. The molecule has 4 nitrogen and oxygen atoms in total. The molecule has 5 heteroatoms. The molecular weight excluding hydrogens is 268 g/mol. The largest absolute Gasteiger partial charge is 0.352 e. The maximum Gasteiger partial charge on any atom is 0.195 e. The topological polar surface area (TPSA) is 46.6 Å². The van der Waals surface area contributed by atoms with Crippen LogP contribution in [-0.2, 0) is 6.42 Å². The Morgan fingerprint density at radius 1 is 1.50 bits per heavy atom. The third-order valence-electron chi connectivity index (χ3n) is 4.04. The third-order valence-corrected chi connectivity index (χ3v) is 4.80. The van der Waals surface area contributed by atoms with Crippen molar-refractivity contribution >= 4 is 22.1 Å². The highest BCUT2D eigenvalue weighted by Gasteiger charge is 2.32. The molecular formula is C15H24N4S. The fourth-order valence-corrected chi connectivity index (χ4v) is 3.45. The van der Waals surface area contributed by atoms with Gasteiger partial charge in [-0.15, -0.1) is 11.3 Å². The summed E-state index contributed by atoms with van der Waals surface area (Å²) in [7, 11) is 0. The molecule has 0 saturated heterocycles. The maximum absolute atomic E-state index is 6.20. The van der Waals surface area contributed by atoms with E-state index in [1.54, 1.807) is 11.3 Å². The van der Waals surface area contributed by atoms with E-state index in [4.69, 9.17) is 10.7 Å². The van der Waals surface area contributed by atoms with Crippen molar-refractivity contribution in [3.05, 3.63) is 17.3 Å². The third kappa shape index (κ3) is 2.56. The number of hydrogen-bond acceptors (Lipinski definition) is 4. The highest BCUT2D eigenvalue weighted by atomic mass is 32.1. The van der Waals surface area contributed by atoms with Gasteiger partial charge in [0.1, 0.15) is 0 Å². The Kier molecular flexibility index (Phi) is 3.98. The van der Waals surface area contributed by atoms with Crippen LogP contribution in [0.15, 0.2) is 11.6 Å². The van der Waals surface area contributed by atoms with Crippen LogP contribution >= 0.6 is 11.3 Å². The van der Waals surface area contributed by atoms with E-state index in [-0.39, 0.29) is 6.04 Å². The van der Waals surface area contributed by atoms with E-state index in [1.165, 1.54) is 30.8 Å². The number of nitrogens with zero attached hydrogens (tertiary/aromatic N) is 3. The van der Waals surface area contributed by atoms with E-state index in [1.807, 2.05) is 0 Å². The Morgan fingerprint density at radius 2 is 2.30 bits per heavy atom. The Morgan fingerprint density at radius 3 is 2.95 bits per heavy atom. The van der Waals surface area contributed by atoms with Gasteiger partial charge >= 0.3 is 0 Å². The van der Waals surface area contributed by atoms with Crippen molar-refractivity contribution in [2.24, 2.45) is 5.73 Å². The van der Waals surface area contributed by atoms with Gasteiger partial charge in [0.15, 0.2) is 10.8 Å². The Hall–Kier alpha value is -1.07. The quantitative estimate of drug-likeness (QED) is 0.853. The number of nitrogens with two attached hydrogens (primary N) is 1. The van der Waals surface area contributed by atoms with Crippen LogP contribution in [-0.4, -0.2) is 28.0 Å². The Balaban J connectivity index is 1.99. The number of imidazole rings is 1. The van der Waals surface area contributed by atoms with Gasteiger partial charge in [0.05, 0.1) is 5.69 Å². The zero-order valence-electron chi connectivity index (χ0n) is 12.4. The Labute approximate surface area is 124 Å². The summed E-state index contributed by atoms with van der Waals surface area (Å²) in [4.78, 5) is 8.50. The second-order valence-corrected chi connectivity index (χ2v) is 6.61. The van der Waals surface area contributed by atoms with Crippen molar-refractivity contribution in [2.45, 2.75) is 58.0 Å². The predicted molar refractivity (Wildman–Crippen MR) is 85.7 cm³/mol. The first-order valence-corrected chi connectivity index (χ1v) is 8.59. The molecule has 1 fully saturated rings. The molecule has 2 heterocycles. The van der Waals surface area contributed by atoms with Gasteiger partial charge in [-0.25, -0.2) is 4.98 Å². The van der Waals surface area contributed by atoms with Gasteiger partial charge in [-0.1, -0.05) is 13.8 Å². The standard InChI is InChI=1S/C15H24N4S/c1-3-7-18(12-5-6-12)14-13(10-11(16)4-2)19-8-9-20-15(19)17-14/h8-9,11-12H,3-7,10,16H2,1-2H3. The summed E-state index contributed by atoms with van der Waals surface area (Å²) in [5, 5.41) is 2.11.